The number of nitrogens with one attached hydrogen (secondary N) is 1. The molecule has 1 saturated heterocycles. The van der Waals surface area contributed by atoms with Crippen LogP contribution >= 0.6 is 11.6 Å². The predicted molar refractivity (Wildman–Crippen MR) is 132 cm³/mol. The van der Waals surface area contributed by atoms with Crippen LogP contribution in [0.3, 0.4) is 0 Å². The highest BCUT2D eigenvalue weighted by molar-refractivity contribution is 6.29. The molecule has 172 valence electrons. The maximum atomic E-state index is 9.39. The molecular formula is C25H24ClN7O. The smallest absolute Gasteiger partial charge is 0.165 e. The number of rotatable bonds is 6. The summed E-state index contributed by atoms with van der Waals surface area (Å²) in [5, 5.41) is 18.1. The summed E-state index contributed by atoms with van der Waals surface area (Å²) in [5.74, 6) is 0.774. The SMILES string of the molecule is Cc1cc(-c2c(-c3cccc(C#N)c3)nn3ccc(NCCN4CCOCC4)nc23)cc(Cl)n1. The molecule has 1 aromatic carbocycles. The van der Waals surface area contributed by atoms with Gasteiger partial charge >= 0.3 is 0 Å². The topological polar surface area (TPSA) is 91.4 Å². The van der Waals surface area contributed by atoms with Crippen molar-refractivity contribution in [3.8, 4) is 28.5 Å². The van der Waals surface area contributed by atoms with Crippen molar-refractivity contribution in [3.63, 3.8) is 0 Å². The number of halogens is 1. The second-order valence-corrected chi connectivity index (χ2v) is 8.59. The van der Waals surface area contributed by atoms with E-state index in [9.17, 15) is 5.26 Å². The zero-order valence-corrected chi connectivity index (χ0v) is 19.6. The first-order chi connectivity index (χ1) is 16.6. The Bertz CT molecular complexity index is 1350. The standard InChI is InChI=1S/C25H24ClN7O/c1-17-13-20(15-21(26)29-17)23-24(19-4-2-3-18(14-19)16-27)31-33-7-5-22(30-25(23)33)28-6-8-32-9-11-34-12-10-32/h2-5,7,13-15H,6,8-12H2,1H3,(H,28,30). The minimum atomic E-state index is 0.408. The van der Waals surface area contributed by atoms with E-state index in [1.54, 1.807) is 10.6 Å². The Balaban J connectivity index is 1.55. The summed E-state index contributed by atoms with van der Waals surface area (Å²) in [4.78, 5) is 11.6. The summed E-state index contributed by atoms with van der Waals surface area (Å²) in [6.45, 7) is 7.09. The highest BCUT2D eigenvalue weighted by atomic mass is 35.5. The first-order valence-corrected chi connectivity index (χ1v) is 11.6. The molecule has 3 aromatic heterocycles. The Morgan fingerprint density at radius 2 is 1.97 bits per heavy atom. The fraction of sp³-hybridized carbons (Fsp3) is 0.280. The summed E-state index contributed by atoms with van der Waals surface area (Å²) in [6.07, 6.45) is 1.90. The number of ether oxygens (including phenoxy) is 1. The quantitative estimate of drug-likeness (QED) is 0.422. The average molecular weight is 474 g/mol. The summed E-state index contributed by atoms with van der Waals surface area (Å²) in [5.41, 5.74) is 5.38. The second-order valence-electron chi connectivity index (χ2n) is 8.20. The molecular weight excluding hydrogens is 450 g/mol. The molecule has 1 fully saturated rings. The highest BCUT2D eigenvalue weighted by Crippen LogP contribution is 2.36. The third-order valence-corrected chi connectivity index (χ3v) is 5.99. The van der Waals surface area contributed by atoms with E-state index in [4.69, 9.17) is 26.4 Å². The molecule has 34 heavy (non-hydrogen) atoms. The van der Waals surface area contributed by atoms with Gasteiger partial charge in [0.15, 0.2) is 5.65 Å². The van der Waals surface area contributed by atoms with Gasteiger partial charge in [-0.15, -0.1) is 0 Å². The number of hydrogen-bond donors (Lipinski definition) is 1. The third-order valence-electron chi connectivity index (χ3n) is 5.80. The third kappa shape index (κ3) is 4.73. The molecule has 0 amide bonds. The summed E-state index contributed by atoms with van der Waals surface area (Å²) in [7, 11) is 0. The molecule has 4 heterocycles. The van der Waals surface area contributed by atoms with Gasteiger partial charge in [0.2, 0.25) is 0 Å². The van der Waals surface area contributed by atoms with Crippen molar-refractivity contribution in [1.82, 2.24) is 24.5 Å². The van der Waals surface area contributed by atoms with Crippen molar-refractivity contribution in [2.45, 2.75) is 6.92 Å². The molecule has 1 aliphatic rings. The maximum absolute atomic E-state index is 9.39. The van der Waals surface area contributed by atoms with Gasteiger partial charge in [0, 0.05) is 43.6 Å². The minimum Gasteiger partial charge on any atom is -0.379 e. The van der Waals surface area contributed by atoms with Crippen molar-refractivity contribution in [3.05, 3.63) is 65.1 Å². The fourth-order valence-electron chi connectivity index (χ4n) is 4.17. The Hall–Kier alpha value is -3.51. The van der Waals surface area contributed by atoms with Gasteiger partial charge in [-0.3, -0.25) is 4.90 Å². The Morgan fingerprint density at radius 1 is 1.12 bits per heavy atom. The number of morpholine rings is 1. The predicted octanol–water partition coefficient (Wildman–Crippen LogP) is 4.04. The molecule has 1 aliphatic heterocycles. The average Bonchev–Trinajstić information content (AvgIpc) is 3.23. The van der Waals surface area contributed by atoms with Gasteiger partial charge in [-0.25, -0.2) is 14.5 Å². The molecule has 0 saturated carbocycles. The van der Waals surface area contributed by atoms with Crippen LogP contribution in [0.25, 0.3) is 28.0 Å². The molecule has 4 aromatic rings. The van der Waals surface area contributed by atoms with Crippen LogP contribution in [-0.2, 0) is 4.74 Å². The number of benzene rings is 1. The van der Waals surface area contributed by atoms with E-state index in [0.717, 1.165) is 73.3 Å². The number of hydrogen-bond acceptors (Lipinski definition) is 7. The van der Waals surface area contributed by atoms with Crippen molar-refractivity contribution < 1.29 is 4.74 Å². The van der Waals surface area contributed by atoms with Crippen LogP contribution < -0.4 is 5.32 Å². The molecule has 0 aliphatic carbocycles. The van der Waals surface area contributed by atoms with Crippen LogP contribution in [0.15, 0.2) is 48.7 Å². The normalized spacial score (nSPS) is 14.3. The number of aryl methyl sites for hydroxylation is 1. The second kappa shape index (κ2) is 9.77. The number of fused-ring (bicyclic) bond motifs is 1. The number of nitrogens with zero attached hydrogens (tertiary/aromatic N) is 6. The van der Waals surface area contributed by atoms with Crippen LogP contribution in [0, 0.1) is 18.3 Å². The largest absolute Gasteiger partial charge is 0.379 e. The van der Waals surface area contributed by atoms with Crippen LogP contribution in [0.5, 0.6) is 0 Å². The molecule has 0 atom stereocenters. The van der Waals surface area contributed by atoms with Crippen molar-refractivity contribution in [1.29, 1.82) is 5.26 Å². The highest BCUT2D eigenvalue weighted by Gasteiger charge is 2.20. The van der Waals surface area contributed by atoms with Gasteiger partial charge in [0.25, 0.3) is 0 Å². The van der Waals surface area contributed by atoms with Crippen molar-refractivity contribution in [2.24, 2.45) is 0 Å². The van der Waals surface area contributed by atoms with Gasteiger partial charge in [-0.2, -0.15) is 10.4 Å². The summed E-state index contributed by atoms with van der Waals surface area (Å²) >= 11 is 6.31. The molecule has 0 spiro atoms. The molecule has 0 unspecified atom stereocenters. The van der Waals surface area contributed by atoms with Gasteiger partial charge in [0.05, 0.1) is 30.4 Å². The van der Waals surface area contributed by atoms with E-state index in [-0.39, 0.29) is 0 Å². The lowest BCUT2D eigenvalue weighted by molar-refractivity contribution is 0.0398. The zero-order valence-electron chi connectivity index (χ0n) is 18.8. The van der Waals surface area contributed by atoms with E-state index in [1.807, 2.05) is 49.5 Å². The Kier molecular flexibility index (Phi) is 6.41. The molecule has 8 nitrogen and oxygen atoms in total. The Morgan fingerprint density at radius 3 is 2.76 bits per heavy atom. The summed E-state index contributed by atoms with van der Waals surface area (Å²) < 4.78 is 7.19. The van der Waals surface area contributed by atoms with Gasteiger partial charge in [-0.05, 0) is 42.8 Å². The zero-order chi connectivity index (χ0) is 23.5. The lowest BCUT2D eigenvalue weighted by Gasteiger charge is -2.26. The van der Waals surface area contributed by atoms with Crippen LogP contribution in [0.4, 0.5) is 5.82 Å². The number of pyridine rings is 1. The van der Waals surface area contributed by atoms with Gasteiger partial charge in [0.1, 0.15) is 16.7 Å². The number of nitriles is 1. The summed E-state index contributed by atoms with van der Waals surface area (Å²) in [6, 6.07) is 15.3. The minimum absolute atomic E-state index is 0.408. The van der Waals surface area contributed by atoms with E-state index in [1.165, 1.54) is 0 Å². The first kappa shape index (κ1) is 22.3. The van der Waals surface area contributed by atoms with E-state index in [2.05, 4.69) is 21.3 Å². The molecule has 5 rings (SSSR count). The van der Waals surface area contributed by atoms with Crippen LogP contribution in [-0.4, -0.2) is 63.9 Å². The first-order valence-electron chi connectivity index (χ1n) is 11.2. The lowest BCUT2D eigenvalue weighted by atomic mass is 10.00. The molecule has 1 N–H and O–H groups in total. The molecule has 9 heteroatoms. The van der Waals surface area contributed by atoms with E-state index >= 15 is 0 Å². The van der Waals surface area contributed by atoms with Gasteiger partial charge < -0.3 is 10.1 Å². The number of anilines is 1. The van der Waals surface area contributed by atoms with Crippen LogP contribution in [0.2, 0.25) is 5.15 Å². The Labute approximate surface area is 202 Å². The maximum Gasteiger partial charge on any atom is 0.165 e. The van der Waals surface area contributed by atoms with Crippen LogP contribution in [0.1, 0.15) is 11.3 Å². The van der Waals surface area contributed by atoms with E-state index in [0.29, 0.717) is 16.4 Å². The molecule has 0 bridgehead atoms. The fourth-order valence-corrected chi connectivity index (χ4v) is 4.42. The van der Waals surface area contributed by atoms with Gasteiger partial charge in [-0.1, -0.05) is 23.7 Å². The number of aromatic nitrogens is 4. The monoisotopic (exact) mass is 473 g/mol. The van der Waals surface area contributed by atoms with Crippen molar-refractivity contribution in [2.75, 3.05) is 44.7 Å². The molecule has 0 radical (unpaired) electrons. The van der Waals surface area contributed by atoms with Crippen molar-refractivity contribution >= 4 is 23.1 Å². The van der Waals surface area contributed by atoms with E-state index < -0.39 is 0 Å². The lowest BCUT2D eigenvalue weighted by Crippen LogP contribution is -2.39.